The fraction of sp³-hybridized carbons (Fsp3) is 0.118. The molecule has 6 nitrogen and oxygen atoms in total. The Morgan fingerprint density at radius 3 is 2.40 bits per heavy atom. The summed E-state index contributed by atoms with van der Waals surface area (Å²) in [6, 6.07) is 11.4. The van der Waals surface area contributed by atoms with Crippen molar-refractivity contribution in [2.75, 3.05) is 19.1 Å². The summed E-state index contributed by atoms with van der Waals surface area (Å²) in [7, 11) is -0.894. The molecule has 0 bridgehead atoms. The van der Waals surface area contributed by atoms with Gasteiger partial charge in [-0.2, -0.15) is 5.26 Å². The third kappa shape index (κ3) is 2.69. The molecule has 1 heterocycles. The molecule has 25 heavy (non-hydrogen) atoms. The van der Waals surface area contributed by atoms with Gasteiger partial charge in [0.25, 0.3) is 0 Å². The second kappa shape index (κ2) is 6.31. The Morgan fingerprint density at radius 1 is 1.08 bits per heavy atom. The summed E-state index contributed by atoms with van der Waals surface area (Å²) in [5.41, 5.74) is 0.893. The van der Waals surface area contributed by atoms with E-state index in [9.17, 15) is 13.7 Å². The van der Waals surface area contributed by atoms with Crippen molar-refractivity contribution in [1.29, 1.82) is 5.26 Å². The average Bonchev–Trinajstić information content (AvgIpc) is 2.62. The lowest BCUT2D eigenvalue weighted by molar-refractivity contribution is 0.395. The van der Waals surface area contributed by atoms with Crippen LogP contribution in [0.1, 0.15) is 0 Å². The fourth-order valence-corrected chi connectivity index (χ4v) is 4.11. The second-order valence-electron chi connectivity index (χ2n) is 5.10. The minimum absolute atomic E-state index is 0.0445. The highest BCUT2D eigenvalue weighted by molar-refractivity contribution is 7.95. The molecular weight excluding hydrogens is 364 g/mol. The number of hydrogen-bond acceptors (Lipinski definition) is 6. The molecule has 0 radical (unpaired) electrons. The summed E-state index contributed by atoms with van der Waals surface area (Å²) in [5.74, 6) is 0.841. The number of halogens is 1. The number of para-hydroxylation sites is 1. The zero-order valence-electron chi connectivity index (χ0n) is 13.4. The Labute approximate surface area is 150 Å². The molecule has 0 saturated carbocycles. The van der Waals surface area contributed by atoms with Crippen LogP contribution in [-0.4, -0.2) is 22.6 Å². The summed E-state index contributed by atoms with van der Waals surface area (Å²) >= 11 is 6.22. The van der Waals surface area contributed by atoms with E-state index in [2.05, 4.69) is 0 Å². The van der Waals surface area contributed by atoms with Crippen molar-refractivity contribution < 1.29 is 17.9 Å². The predicted molar refractivity (Wildman–Crippen MR) is 94.0 cm³/mol. The maximum absolute atomic E-state index is 12.5. The van der Waals surface area contributed by atoms with Crippen molar-refractivity contribution in [2.45, 2.75) is 4.90 Å². The zero-order chi connectivity index (χ0) is 18.2. The molecular formula is C17H13ClN2O4S. The topological polar surface area (TPSA) is 79.6 Å². The van der Waals surface area contributed by atoms with Gasteiger partial charge in [0.1, 0.15) is 17.6 Å². The van der Waals surface area contributed by atoms with Gasteiger partial charge in [-0.05, 0) is 18.2 Å². The lowest BCUT2D eigenvalue weighted by Gasteiger charge is -2.29. The van der Waals surface area contributed by atoms with Crippen LogP contribution in [0.5, 0.6) is 11.5 Å². The first-order valence-corrected chi connectivity index (χ1v) is 8.97. The van der Waals surface area contributed by atoms with Crippen molar-refractivity contribution in [3.63, 3.8) is 0 Å². The van der Waals surface area contributed by atoms with Crippen molar-refractivity contribution in [3.8, 4) is 17.6 Å². The lowest BCUT2D eigenvalue weighted by Crippen LogP contribution is -2.21. The Hall–Kier alpha value is -2.69. The van der Waals surface area contributed by atoms with E-state index in [0.717, 1.165) is 0 Å². The normalized spacial score (nSPS) is 15.0. The maximum atomic E-state index is 12.5. The number of allylic oxidation sites excluding steroid dienone is 1. The summed E-state index contributed by atoms with van der Waals surface area (Å²) in [5, 5.41) is 9.61. The van der Waals surface area contributed by atoms with Gasteiger partial charge in [0.05, 0.1) is 35.5 Å². The first kappa shape index (κ1) is 17.1. The molecule has 128 valence electrons. The van der Waals surface area contributed by atoms with Gasteiger partial charge in [0.2, 0.25) is 9.84 Å². The largest absolute Gasteiger partial charge is 0.495 e. The van der Waals surface area contributed by atoms with Crippen LogP contribution < -0.4 is 14.4 Å². The maximum Gasteiger partial charge on any atom is 0.220 e. The third-order valence-electron chi connectivity index (χ3n) is 3.77. The standard InChI is InChI=1S/C17H13ClN2O4S/c1-23-15-8-16(24-2)14(7-12(15)18)20-10-11(9-19)25(21,22)17-6-4-3-5-13(17)20/h3-8,10H,1-2H3. The SMILES string of the molecule is COc1cc(OC)c(N2C=C(C#N)S(=O)(=O)c3ccccc32)cc1Cl. The minimum atomic E-state index is -3.86. The Kier molecular flexibility index (Phi) is 4.33. The molecule has 2 aromatic rings. The average molecular weight is 377 g/mol. The molecule has 0 fully saturated rings. The van der Waals surface area contributed by atoms with Gasteiger partial charge >= 0.3 is 0 Å². The monoisotopic (exact) mass is 376 g/mol. The number of ether oxygens (including phenoxy) is 2. The van der Waals surface area contributed by atoms with E-state index in [1.54, 1.807) is 41.3 Å². The molecule has 0 N–H and O–H groups in total. The van der Waals surface area contributed by atoms with Gasteiger partial charge in [-0.25, -0.2) is 8.42 Å². The molecule has 0 spiro atoms. The van der Waals surface area contributed by atoms with Crippen LogP contribution in [-0.2, 0) is 9.84 Å². The molecule has 0 unspecified atom stereocenters. The lowest BCUT2D eigenvalue weighted by atomic mass is 10.2. The molecule has 1 aliphatic rings. The van der Waals surface area contributed by atoms with E-state index >= 15 is 0 Å². The molecule has 3 rings (SSSR count). The van der Waals surface area contributed by atoms with Crippen molar-refractivity contribution >= 4 is 32.8 Å². The van der Waals surface area contributed by atoms with E-state index in [0.29, 0.717) is 27.9 Å². The number of nitrogens with zero attached hydrogens (tertiary/aromatic N) is 2. The van der Waals surface area contributed by atoms with Gasteiger partial charge < -0.3 is 14.4 Å². The number of rotatable bonds is 3. The molecule has 1 aliphatic heterocycles. The van der Waals surface area contributed by atoms with Crippen LogP contribution in [0.4, 0.5) is 11.4 Å². The van der Waals surface area contributed by atoms with Gasteiger partial charge in [-0.1, -0.05) is 23.7 Å². The fourth-order valence-electron chi connectivity index (χ4n) is 2.58. The van der Waals surface area contributed by atoms with E-state index in [4.69, 9.17) is 21.1 Å². The van der Waals surface area contributed by atoms with Crippen LogP contribution in [0, 0.1) is 11.3 Å². The van der Waals surface area contributed by atoms with Gasteiger partial charge in [-0.15, -0.1) is 0 Å². The third-order valence-corrected chi connectivity index (χ3v) is 5.77. The van der Waals surface area contributed by atoms with Crippen LogP contribution >= 0.6 is 11.6 Å². The number of anilines is 2. The van der Waals surface area contributed by atoms with Crippen molar-refractivity contribution in [1.82, 2.24) is 0 Å². The highest BCUT2D eigenvalue weighted by Gasteiger charge is 2.33. The van der Waals surface area contributed by atoms with Gasteiger partial charge in [0, 0.05) is 12.3 Å². The predicted octanol–water partition coefficient (Wildman–Crippen LogP) is 3.65. The van der Waals surface area contributed by atoms with E-state index in [1.165, 1.54) is 26.5 Å². The number of methoxy groups -OCH3 is 2. The number of benzene rings is 2. The second-order valence-corrected chi connectivity index (χ2v) is 7.40. The minimum Gasteiger partial charge on any atom is -0.495 e. The molecule has 0 aliphatic carbocycles. The number of nitriles is 1. The van der Waals surface area contributed by atoms with E-state index in [-0.39, 0.29) is 9.80 Å². The molecule has 0 atom stereocenters. The molecule has 8 heteroatoms. The molecule has 0 aromatic heterocycles. The summed E-state index contributed by atoms with van der Waals surface area (Å²) < 4.78 is 35.6. The number of sulfone groups is 1. The van der Waals surface area contributed by atoms with Crippen LogP contribution in [0.15, 0.2) is 52.4 Å². The number of fused-ring (bicyclic) bond motifs is 1. The highest BCUT2D eigenvalue weighted by atomic mass is 35.5. The van der Waals surface area contributed by atoms with Crippen LogP contribution in [0.3, 0.4) is 0 Å². The molecule has 2 aromatic carbocycles. The summed E-state index contributed by atoms with van der Waals surface area (Å²) in [6.07, 6.45) is 1.26. The summed E-state index contributed by atoms with van der Waals surface area (Å²) in [4.78, 5) is 1.25. The number of hydrogen-bond donors (Lipinski definition) is 0. The Balaban J connectivity index is 2.31. The molecule has 0 amide bonds. The zero-order valence-corrected chi connectivity index (χ0v) is 14.9. The van der Waals surface area contributed by atoms with Gasteiger partial charge in [0.15, 0.2) is 4.91 Å². The highest BCUT2D eigenvalue weighted by Crippen LogP contribution is 2.45. The first-order valence-electron chi connectivity index (χ1n) is 7.11. The molecule has 0 saturated heterocycles. The van der Waals surface area contributed by atoms with Crippen molar-refractivity contribution in [3.05, 3.63) is 52.5 Å². The van der Waals surface area contributed by atoms with Crippen LogP contribution in [0.2, 0.25) is 5.02 Å². The Morgan fingerprint density at radius 2 is 1.76 bits per heavy atom. The van der Waals surface area contributed by atoms with Crippen molar-refractivity contribution in [2.24, 2.45) is 0 Å². The first-order chi connectivity index (χ1) is 11.9. The van der Waals surface area contributed by atoms with Crippen LogP contribution in [0.25, 0.3) is 0 Å². The quantitative estimate of drug-likeness (QED) is 0.813. The summed E-state index contributed by atoms with van der Waals surface area (Å²) in [6.45, 7) is 0. The van der Waals surface area contributed by atoms with Gasteiger partial charge in [-0.3, -0.25) is 0 Å². The van der Waals surface area contributed by atoms with E-state index in [1.807, 2.05) is 0 Å². The van der Waals surface area contributed by atoms with E-state index < -0.39 is 9.84 Å². The Bertz CT molecular complexity index is 1030. The smallest absolute Gasteiger partial charge is 0.220 e.